The van der Waals surface area contributed by atoms with Gasteiger partial charge < -0.3 is 24.0 Å². The summed E-state index contributed by atoms with van der Waals surface area (Å²) in [6.07, 6.45) is 2.69. The van der Waals surface area contributed by atoms with Gasteiger partial charge in [-0.15, -0.1) is 0 Å². The molecule has 0 saturated carbocycles. The smallest absolute Gasteiger partial charge is 0.410 e. The second-order valence-corrected chi connectivity index (χ2v) is 8.69. The third-order valence-electron chi connectivity index (χ3n) is 4.57. The normalized spacial score (nSPS) is 16.5. The van der Waals surface area contributed by atoms with Crippen molar-refractivity contribution in [1.82, 2.24) is 19.9 Å². The predicted molar refractivity (Wildman–Crippen MR) is 117 cm³/mol. The van der Waals surface area contributed by atoms with Crippen molar-refractivity contribution >= 4 is 29.6 Å². The number of amides is 1. The summed E-state index contributed by atoms with van der Waals surface area (Å²) in [6, 6.07) is 2.74. The van der Waals surface area contributed by atoms with Crippen LogP contribution in [-0.4, -0.2) is 70.3 Å². The fourth-order valence-corrected chi connectivity index (χ4v) is 3.34. The van der Waals surface area contributed by atoms with Gasteiger partial charge in [0.05, 0.1) is 25.1 Å². The van der Waals surface area contributed by atoms with Crippen LogP contribution in [0.1, 0.15) is 38.1 Å². The van der Waals surface area contributed by atoms with Crippen LogP contribution in [0.25, 0.3) is 0 Å². The van der Waals surface area contributed by atoms with Crippen LogP contribution in [0.2, 0.25) is 5.15 Å². The van der Waals surface area contributed by atoms with Crippen molar-refractivity contribution in [3.63, 3.8) is 0 Å². The fourth-order valence-electron chi connectivity index (χ4n) is 3.14. The third-order valence-corrected chi connectivity index (χ3v) is 4.76. The van der Waals surface area contributed by atoms with E-state index in [0.717, 1.165) is 0 Å². The summed E-state index contributed by atoms with van der Waals surface area (Å²) >= 11 is 5.95. The lowest BCUT2D eigenvalue weighted by Crippen LogP contribution is -2.55. The number of pyridine rings is 1. The molecule has 172 valence electrons. The summed E-state index contributed by atoms with van der Waals surface area (Å²) in [7, 11) is 1.28. The van der Waals surface area contributed by atoms with Crippen LogP contribution < -0.4 is 9.64 Å². The minimum absolute atomic E-state index is 0.0643. The molecule has 0 bridgehead atoms. The number of hydrogen-bond acceptors (Lipinski definition) is 9. The van der Waals surface area contributed by atoms with Crippen LogP contribution in [0.5, 0.6) is 11.6 Å². The van der Waals surface area contributed by atoms with Crippen molar-refractivity contribution < 1.29 is 23.8 Å². The van der Waals surface area contributed by atoms with E-state index in [1.54, 1.807) is 4.90 Å². The number of ether oxygens (including phenoxy) is 3. The number of rotatable bonds is 4. The maximum Gasteiger partial charge on any atom is 0.410 e. The number of aromatic nitrogens is 3. The second-order valence-electron chi connectivity index (χ2n) is 8.30. The molecular weight excluding hydrogens is 438 g/mol. The molecule has 32 heavy (non-hydrogen) atoms. The molecule has 1 amide bonds. The van der Waals surface area contributed by atoms with Crippen LogP contribution in [-0.2, 0) is 9.47 Å². The van der Waals surface area contributed by atoms with Gasteiger partial charge in [-0.2, -0.15) is 0 Å². The van der Waals surface area contributed by atoms with Gasteiger partial charge in [0.25, 0.3) is 0 Å². The van der Waals surface area contributed by atoms with E-state index in [1.165, 1.54) is 31.6 Å². The molecule has 2 aromatic heterocycles. The molecule has 11 heteroatoms. The Balaban J connectivity index is 1.64. The average Bonchev–Trinajstić information content (AvgIpc) is 2.72. The molecule has 1 fully saturated rings. The topological polar surface area (TPSA) is 107 Å². The van der Waals surface area contributed by atoms with Gasteiger partial charge >= 0.3 is 12.1 Å². The first-order valence-electron chi connectivity index (χ1n) is 10.1. The zero-order valence-electron chi connectivity index (χ0n) is 18.7. The molecular formula is C21H26ClN5O5. The summed E-state index contributed by atoms with van der Waals surface area (Å²) in [6.45, 7) is 9.13. The van der Waals surface area contributed by atoms with Gasteiger partial charge in [0.2, 0.25) is 11.8 Å². The van der Waals surface area contributed by atoms with Crippen molar-refractivity contribution in [1.29, 1.82) is 0 Å². The Hall–Kier alpha value is -3.14. The van der Waals surface area contributed by atoms with Gasteiger partial charge in [0.1, 0.15) is 10.8 Å². The molecule has 1 atom stereocenters. The van der Waals surface area contributed by atoms with E-state index < -0.39 is 11.6 Å². The van der Waals surface area contributed by atoms with E-state index in [2.05, 4.69) is 15.0 Å². The van der Waals surface area contributed by atoms with Crippen LogP contribution in [0.15, 0.2) is 24.5 Å². The van der Waals surface area contributed by atoms with Crippen molar-refractivity contribution in [2.45, 2.75) is 39.3 Å². The van der Waals surface area contributed by atoms with Gasteiger partial charge in [-0.05, 0) is 33.8 Å². The highest BCUT2D eigenvalue weighted by Gasteiger charge is 2.31. The minimum Gasteiger partial charge on any atom is -0.465 e. The van der Waals surface area contributed by atoms with E-state index >= 15 is 0 Å². The summed E-state index contributed by atoms with van der Waals surface area (Å²) in [5.74, 6) is 0.418. The number of piperazine rings is 1. The molecule has 1 aliphatic rings. The number of carbonyl (C=O) groups excluding carboxylic acids is 2. The Bertz CT molecular complexity index is 980. The van der Waals surface area contributed by atoms with E-state index in [-0.39, 0.29) is 28.7 Å². The van der Waals surface area contributed by atoms with Crippen LogP contribution in [0.3, 0.4) is 0 Å². The van der Waals surface area contributed by atoms with Crippen molar-refractivity contribution in [2.75, 3.05) is 31.6 Å². The molecule has 0 aromatic carbocycles. The van der Waals surface area contributed by atoms with Crippen molar-refractivity contribution in [2.24, 2.45) is 0 Å². The zero-order valence-corrected chi connectivity index (χ0v) is 19.4. The molecule has 2 aromatic rings. The Morgan fingerprint density at radius 3 is 2.44 bits per heavy atom. The summed E-state index contributed by atoms with van der Waals surface area (Å²) < 4.78 is 15.8. The SMILES string of the molecule is COC(=O)c1cc(Cl)nc(Oc2cnc(N3CCN(C(=O)OC(C)(C)C)C(C)C3)nc2)c1. The van der Waals surface area contributed by atoms with Crippen molar-refractivity contribution in [3.05, 3.63) is 35.2 Å². The zero-order chi connectivity index (χ0) is 23.5. The molecule has 0 N–H and O–H groups in total. The number of nitrogens with zero attached hydrogens (tertiary/aromatic N) is 5. The molecule has 1 unspecified atom stereocenters. The molecule has 0 spiro atoms. The Morgan fingerprint density at radius 1 is 1.16 bits per heavy atom. The molecule has 0 aliphatic carbocycles. The number of esters is 1. The standard InChI is InChI=1S/C21H26ClN5O5/c1-13-12-26(6-7-27(13)20(29)32-21(2,3)4)19-23-10-15(11-24-19)31-17-9-14(18(28)30-5)8-16(22)25-17/h8-11,13H,6-7,12H2,1-5H3. The highest BCUT2D eigenvalue weighted by Crippen LogP contribution is 2.24. The summed E-state index contributed by atoms with van der Waals surface area (Å²) in [5.41, 5.74) is -0.320. The highest BCUT2D eigenvalue weighted by molar-refractivity contribution is 6.29. The first-order chi connectivity index (χ1) is 15.1. The lowest BCUT2D eigenvalue weighted by Gasteiger charge is -2.40. The maximum absolute atomic E-state index is 12.4. The fraction of sp³-hybridized carbons (Fsp3) is 0.476. The van der Waals surface area contributed by atoms with Gasteiger partial charge in [-0.25, -0.2) is 24.5 Å². The Morgan fingerprint density at radius 2 is 1.84 bits per heavy atom. The lowest BCUT2D eigenvalue weighted by atomic mass is 10.2. The maximum atomic E-state index is 12.4. The van der Waals surface area contributed by atoms with Gasteiger partial charge in [-0.1, -0.05) is 11.6 Å². The number of hydrogen-bond donors (Lipinski definition) is 0. The van der Waals surface area contributed by atoms with E-state index in [1.807, 2.05) is 32.6 Å². The summed E-state index contributed by atoms with van der Waals surface area (Å²) in [5, 5.41) is 0.0947. The lowest BCUT2D eigenvalue weighted by molar-refractivity contribution is 0.0158. The molecule has 1 aliphatic heterocycles. The predicted octanol–water partition coefficient (Wildman–Crippen LogP) is 3.55. The second kappa shape index (κ2) is 9.56. The molecule has 0 radical (unpaired) electrons. The van der Waals surface area contributed by atoms with E-state index in [4.69, 9.17) is 25.8 Å². The van der Waals surface area contributed by atoms with Crippen LogP contribution >= 0.6 is 11.6 Å². The van der Waals surface area contributed by atoms with Crippen LogP contribution in [0, 0.1) is 0 Å². The first-order valence-corrected chi connectivity index (χ1v) is 10.4. The minimum atomic E-state index is -0.551. The largest absolute Gasteiger partial charge is 0.465 e. The Labute approximate surface area is 191 Å². The van der Waals surface area contributed by atoms with Crippen molar-refractivity contribution in [3.8, 4) is 11.6 Å². The third kappa shape index (κ3) is 5.97. The molecule has 3 rings (SSSR count). The Kier molecular flexibility index (Phi) is 7.02. The molecule has 1 saturated heterocycles. The first kappa shape index (κ1) is 23.5. The van der Waals surface area contributed by atoms with E-state index in [9.17, 15) is 9.59 Å². The number of methoxy groups -OCH3 is 1. The average molecular weight is 464 g/mol. The van der Waals surface area contributed by atoms with Crippen LogP contribution in [0.4, 0.5) is 10.7 Å². The highest BCUT2D eigenvalue weighted by atomic mass is 35.5. The van der Waals surface area contributed by atoms with Gasteiger partial charge in [-0.3, -0.25) is 0 Å². The van der Waals surface area contributed by atoms with Gasteiger partial charge in [0, 0.05) is 31.7 Å². The molecule has 3 heterocycles. The quantitative estimate of drug-likeness (QED) is 0.496. The van der Waals surface area contributed by atoms with Gasteiger partial charge in [0.15, 0.2) is 5.75 Å². The number of carbonyl (C=O) groups is 2. The number of anilines is 1. The monoisotopic (exact) mass is 463 g/mol. The number of halogens is 1. The summed E-state index contributed by atoms with van der Waals surface area (Å²) in [4.78, 5) is 40.6. The van der Waals surface area contributed by atoms with E-state index in [0.29, 0.717) is 31.3 Å². The molecule has 10 nitrogen and oxygen atoms in total.